The van der Waals surface area contributed by atoms with Crippen molar-refractivity contribution in [1.82, 2.24) is 4.98 Å². The Kier molecular flexibility index (Phi) is 4.51. The van der Waals surface area contributed by atoms with E-state index in [1.165, 1.54) is 6.07 Å². The lowest BCUT2D eigenvalue weighted by Crippen LogP contribution is -2.15. The first kappa shape index (κ1) is 16.1. The molecule has 2 aromatic carbocycles. The highest BCUT2D eigenvalue weighted by atomic mass is 19.2. The summed E-state index contributed by atoms with van der Waals surface area (Å²) < 4.78 is 26.3. The number of aromatic nitrogens is 1. The Morgan fingerprint density at radius 3 is 2.71 bits per heavy atom. The number of carbonyl (C=O) groups is 1. The molecule has 0 bridgehead atoms. The summed E-state index contributed by atoms with van der Waals surface area (Å²) in [6, 6.07) is 13.0. The molecule has 0 aliphatic heterocycles. The second kappa shape index (κ2) is 6.74. The van der Waals surface area contributed by atoms with Gasteiger partial charge in [-0.25, -0.2) is 8.78 Å². The molecule has 1 aromatic heterocycles. The molecule has 1 N–H and O–H groups in total. The zero-order valence-electron chi connectivity index (χ0n) is 13.1. The summed E-state index contributed by atoms with van der Waals surface area (Å²) in [6.07, 6.45) is 1.83. The van der Waals surface area contributed by atoms with Crippen molar-refractivity contribution in [3.05, 3.63) is 71.9 Å². The molecule has 0 spiro atoms. The van der Waals surface area contributed by atoms with Gasteiger partial charge in [0.15, 0.2) is 11.6 Å². The molecule has 122 valence electrons. The minimum Gasteiger partial charge on any atom is -0.324 e. The number of halogens is 2. The fourth-order valence-electron chi connectivity index (χ4n) is 2.62. The number of amides is 1. The number of hydrogen-bond donors (Lipinski definition) is 1. The number of rotatable bonds is 4. The van der Waals surface area contributed by atoms with Gasteiger partial charge in [-0.3, -0.25) is 9.78 Å². The van der Waals surface area contributed by atoms with E-state index in [-0.39, 0.29) is 18.2 Å². The highest BCUT2D eigenvalue weighted by Gasteiger charge is 2.14. The number of nitrogens with zero attached hydrogens (tertiary/aromatic N) is 1. The van der Waals surface area contributed by atoms with Gasteiger partial charge in [0.1, 0.15) is 0 Å². The maximum atomic E-state index is 13.3. The van der Waals surface area contributed by atoms with Crippen LogP contribution >= 0.6 is 0 Å². The maximum Gasteiger partial charge on any atom is 0.225 e. The Bertz CT molecular complexity index is 890. The molecule has 0 aliphatic carbocycles. The molecule has 0 radical (unpaired) electrons. The number of para-hydroxylation sites is 1. The molecule has 1 heterocycles. The number of carbonyl (C=O) groups excluding carboxylic acids is 1. The second-order valence-corrected chi connectivity index (χ2v) is 5.71. The first-order valence-corrected chi connectivity index (χ1v) is 7.63. The van der Waals surface area contributed by atoms with Gasteiger partial charge in [-0.15, -0.1) is 0 Å². The number of fused-ring (bicyclic) bond motifs is 1. The van der Waals surface area contributed by atoms with Crippen molar-refractivity contribution < 1.29 is 13.6 Å². The summed E-state index contributed by atoms with van der Waals surface area (Å²) in [5.74, 6) is -2.23. The number of nitrogens with one attached hydrogen (secondary N) is 1. The third-order valence-electron chi connectivity index (χ3n) is 3.91. The van der Waals surface area contributed by atoms with Crippen LogP contribution in [0.25, 0.3) is 10.9 Å². The molecule has 3 nitrogen and oxygen atoms in total. The fourth-order valence-corrected chi connectivity index (χ4v) is 2.62. The monoisotopic (exact) mass is 326 g/mol. The normalized spacial score (nSPS) is 12.1. The first-order valence-electron chi connectivity index (χ1n) is 7.63. The molecule has 1 unspecified atom stereocenters. The molecule has 0 saturated heterocycles. The molecule has 1 amide bonds. The van der Waals surface area contributed by atoms with Crippen LogP contribution in [0.3, 0.4) is 0 Å². The van der Waals surface area contributed by atoms with Crippen LogP contribution in [0.4, 0.5) is 14.5 Å². The van der Waals surface area contributed by atoms with E-state index in [9.17, 15) is 13.6 Å². The molecule has 0 saturated carbocycles. The number of pyridine rings is 1. The Morgan fingerprint density at radius 2 is 1.92 bits per heavy atom. The second-order valence-electron chi connectivity index (χ2n) is 5.71. The van der Waals surface area contributed by atoms with E-state index in [1.807, 2.05) is 24.3 Å². The minimum absolute atomic E-state index is 0.161. The molecule has 5 heteroatoms. The molecule has 3 aromatic rings. The van der Waals surface area contributed by atoms with Crippen LogP contribution in [0.2, 0.25) is 0 Å². The zero-order chi connectivity index (χ0) is 17.1. The van der Waals surface area contributed by atoms with Crippen molar-refractivity contribution in [2.45, 2.75) is 19.3 Å². The summed E-state index contributed by atoms with van der Waals surface area (Å²) in [6.45, 7) is 1.80. The van der Waals surface area contributed by atoms with Crippen molar-refractivity contribution in [2.75, 3.05) is 5.32 Å². The summed E-state index contributed by atoms with van der Waals surface area (Å²) in [5, 5.41) is 3.78. The van der Waals surface area contributed by atoms with Crippen LogP contribution in [-0.2, 0) is 4.79 Å². The lowest BCUT2D eigenvalue weighted by atomic mass is 9.97. The van der Waals surface area contributed by atoms with Gasteiger partial charge in [-0.05, 0) is 35.7 Å². The number of hydrogen-bond acceptors (Lipinski definition) is 2. The Hall–Kier alpha value is -2.82. The maximum absolute atomic E-state index is 13.3. The van der Waals surface area contributed by atoms with E-state index in [2.05, 4.69) is 10.3 Å². The van der Waals surface area contributed by atoms with Gasteiger partial charge >= 0.3 is 0 Å². The third kappa shape index (κ3) is 3.40. The Labute approximate surface area is 138 Å². The SMILES string of the molecule is CC(CC(=O)Nc1cccc2cccnc12)c1ccc(F)c(F)c1. The minimum atomic E-state index is -0.905. The van der Waals surface area contributed by atoms with E-state index < -0.39 is 11.6 Å². The van der Waals surface area contributed by atoms with Crippen molar-refractivity contribution >= 4 is 22.5 Å². The van der Waals surface area contributed by atoms with Crippen LogP contribution in [0.15, 0.2) is 54.7 Å². The Balaban J connectivity index is 1.74. The highest BCUT2D eigenvalue weighted by molar-refractivity contribution is 6.00. The summed E-state index contributed by atoms with van der Waals surface area (Å²) in [7, 11) is 0. The summed E-state index contributed by atoms with van der Waals surface area (Å²) in [5.41, 5.74) is 1.93. The smallest absolute Gasteiger partial charge is 0.225 e. The quantitative estimate of drug-likeness (QED) is 0.758. The van der Waals surface area contributed by atoms with Crippen LogP contribution in [0.1, 0.15) is 24.8 Å². The van der Waals surface area contributed by atoms with Crippen LogP contribution < -0.4 is 5.32 Å². The summed E-state index contributed by atoms with van der Waals surface area (Å²) in [4.78, 5) is 16.6. The van der Waals surface area contributed by atoms with E-state index in [0.717, 1.165) is 17.5 Å². The average molecular weight is 326 g/mol. The van der Waals surface area contributed by atoms with Crippen LogP contribution in [0, 0.1) is 11.6 Å². The molecule has 0 aliphatic rings. The van der Waals surface area contributed by atoms with Gasteiger partial charge in [-0.1, -0.05) is 31.2 Å². The molecule has 1 atom stereocenters. The van der Waals surface area contributed by atoms with Crippen LogP contribution in [-0.4, -0.2) is 10.9 Å². The van der Waals surface area contributed by atoms with E-state index in [1.54, 1.807) is 19.2 Å². The lowest BCUT2D eigenvalue weighted by Gasteiger charge is -2.13. The molecule has 24 heavy (non-hydrogen) atoms. The van der Waals surface area contributed by atoms with Crippen molar-refractivity contribution in [3.63, 3.8) is 0 Å². The molecular formula is C19H16F2N2O. The fraction of sp³-hybridized carbons (Fsp3) is 0.158. The first-order chi connectivity index (χ1) is 11.5. The zero-order valence-corrected chi connectivity index (χ0v) is 13.1. The van der Waals surface area contributed by atoms with Crippen molar-refractivity contribution in [2.24, 2.45) is 0 Å². The lowest BCUT2D eigenvalue weighted by molar-refractivity contribution is -0.116. The van der Waals surface area contributed by atoms with Gasteiger partial charge in [0.25, 0.3) is 0 Å². The molecule has 0 fully saturated rings. The standard InChI is InChI=1S/C19H16F2N2O/c1-12(14-7-8-15(20)16(21)11-14)10-18(24)23-17-6-2-4-13-5-3-9-22-19(13)17/h2-9,11-12H,10H2,1H3,(H,23,24). The van der Waals surface area contributed by atoms with Gasteiger partial charge in [0, 0.05) is 18.0 Å². The Morgan fingerprint density at radius 1 is 1.12 bits per heavy atom. The average Bonchev–Trinajstić information content (AvgIpc) is 2.57. The highest BCUT2D eigenvalue weighted by Crippen LogP contribution is 2.24. The van der Waals surface area contributed by atoms with Crippen molar-refractivity contribution in [3.8, 4) is 0 Å². The predicted molar refractivity (Wildman–Crippen MR) is 89.8 cm³/mol. The van der Waals surface area contributed by atoms with E-state index >= 15 is 0 Å². The number of benzene rings is 2. The van der Waals surface area contributed by atoms with Crippen LogP contribution in [0.5, 0.6) is 0 Å². The largest absolute Gasteiger partial charge is 0.324 e. The van der Waals surface area contributed by atoms with Crippen molar-refractivity contribution in [1.29, 1.82) is 0 Å². The number of anilines is 1. The topological polar surface area (TPSA) is 42.0 Å². The van der Waals surface area contributed by atoms with Gasteiger partial charge < -0.3 is 5.32 Å². The summed E-state index contributed by atoms with van der Waals surface area (Å²) >= 11 is 0. The molecular weight excluding hydrogens is 310 g/mol. The van der Waals surface area contributed by atoms with E-state index in [4.69, 9.17) is 0 Å². The third-order valence-corrected chi connectivity index (χ3v) is 3.91. The molecule has 3 rings (SSSR count). The van der Waals surface area contributed by atoms with E-state index in [0.29, 0.717) is 16.8 Å². The van der Waals surface area contributed by atoms with Gasteiger partial charge in [-0.2, -0.15) is 0 Å². The van der Waals surface area contributed by atoms with Gasteiger partial charge in [0.05, 0.1) is 11.2 Å². The predicted octanol–water partition coefficient (Wildman–Crippen LogP) is 4.65. The van der Waals surface area contributed by atoms with Gasteiger partial charge in [0.2, 0.25) is 5.91 Å².